The SMILES string of the molecule is C=CCn1c(CNc2ccccc2)nnc1SC(C)C(=O)N/N=C\c1ccccc1OCc1cccc(Br)c1. The molecule has 2 N–H and O–H groups in total. The van der Waals surface area contributed by atoms with E-state index in [1.807, 2.05) is 83.4 Å². The van der Waals surface area contributed by atoms with Gasteiger partial charge in [-0.25, -0.2) is 5.43 Å². The lowest BCUT2D eigenvalue weighted by Gasteiger charge is -2.12. The highest BCUT2D eigenvalue weighted by molar-refractivity contribution is 9.10. The third-order valence-electron chi connectivity index (χ3n) is 5.56. The first-order chi connectivity index (χ1) is 19.0. The number of carbonyl (C=O) groups excluding carboxylic acids is 1. The number of hydrogen-bond donors (Lipinski definition) is 2. The van der Waals surface area contributed by atoms with Crippen LogP contribution in [0, 0.1) is 0 Å². The van der Waals surface area contributed by atoms with Gasteiger partial charge in [-0.05, 0) is 48.9 Å². The van der Waals surface area contributed by atoms with Gasteiger partial charge in [-0.15, -0.1) is 16.8 Å². The van der Waals surface area contributed by atoms with Gasteiger partial charge in [0.05, 0.1) is 18.0 Å². The van der Waals surface area contributed by atoms with Crippen LogP contribution in [-0.2, 0) is 24.5 Å². The van der Waals surface area contributed by atoms with Crippen LogP contribution < -0.4 is 15.5 Å². The van der Waals surface area contributed by atoms with Crippen molar-refractivity contribution < 1.29 is 9.53 Å². The van der Waals surface area contributed by atoms with Crippen LogP contribution in [-0.4, -0.2) is 32.1 Å². The summed E-state index contributed by atoms with van der Waals surface area (Å²) in [7, 11) is 0. The molecule has 0 aliphatic rings. The third-order valence-corrected chi connectivity index (χ3v) is 7.14. The molecule has 4 aromatic rings. The number of thioether (sulfide) groups is 1. The quantitative estimate of drug-likeness (QED) is 0.0835. The Morgan fingerprint density at radius 2 is 1.92 bits per heavy atom. The molecular weight excluding hydrogens is 576 g/mol. The summed E-state index contributed by atoms with van der Waals surface area (Å²) in [5, 5.41) is 16.3. The normalized spacial score (nSPS) is 11.7. The van der Waals surface area contributed by atoms with Crippen LogP contribution in [0.2, 0.25) is 0 Å². The summed E-state index contributed by atoms with van der Waals surface area (Å²) in [6, 6.07) is 25.4. The Kier molecular flexibility index (Phi) is 10.3. The van der Waals surface area contributed by atoms with Gasteiger partial charge in [0.15, 0.2) is 11.0 Å². The number of para-hydroxylation sites is 2. The molecule has 0 aliphatic carbocycles. The fraction of sp³-hybridized carbons (Fsp3) is 0.172. The summed E-state index contributed by atoms with van der Waals surface area (Å²) in [6.45, 7) is 7.10. The Hall–Kier alpha value is -3.89. The van der Waals surface area contributed by atoms with Gasteiger partial charge in [-0.3, -0.25) is 4.79 Å². The summed E-state index contributed by atoms with van der Waals surface area (Å²) >= 11 is 4.79. The molecule has 1 heterocycles. The lowest BCUT2D eigenvalue weighted by molar-refractivity contribution is -0.120. The number of carbonyl (C=O) groups is 1. The Bertz CT molecular complexity index is 1430. The lowest BCUT2D eigenvalue weighted by atomic mass is 10.2. The average molecular weight is 606 g/mol. The number of allylic oxidation sites excluding steroid dienone is 1. The molecule has 4 rings (SSSR count). The lowest BCUT2D eigenvalue weighted by Crippen LogP contribution is -2.27. The third kappa shape index (κ3) is 8.30. The first-order valence-electron chi connectivity index (χ1n) is 12.3. The molecule has 1 unspecified atom stereocenters. The molecule has 0 aliphatic heterocycles. The molecule has 39 heavy (non-hydrogen) atoms. The van der Waals surface area contributed by atoms with E-state index in [1.54, 1.807) is 19.2 Å². The summed E-state index contributed by atoms with van der Waals surface area (Å²) in [5.41, 5.74) is 5.41. The maximum Gasteiger partial charge on any atom is 0.253 e. The molecule has 0 saturated heterocycles. The molecule has 3 aromatic carbocycles. The molecule has 10 heteroatoms. The van der Waals surface area contributed by atoms with Crippen LogP contribution in [0.1, 0.15) is 23.9 Å². The second kappa shape index (κ2) is 14.3. The number of hydrazone groups is 1. The predicted molar refractivity (Wildman–Crippen MR) is 160 cm³/mol. The van der Waals surface area contributed by atoms with Crippen molar-refractivity contribution in [2.75, 3.05) is 5.32 Å². The Morgan fingerprint density at radius 3 is 2.72 bits per heavy atom. The standard InChI is InChI=1S/C29H29BrN6O2S/c1-3-16-36-27(19-31-25-13-5-4-6-14-25)33-35-29(36)39-21(2)28(37)34-32-18-23-11-7-8-15-26(23)38-20-22-10-9-12-24(30)17-22/h3-15,17-18,21,31H,1,16,19-20H2,2H3,(H,34,37)/b32-18-. The highest BCUT2D eigenvalue weighted by Crippen LogP contribution is 2.23. The van der Waals surface area contributed by atoms with Gasteiger partial charge in [0.1, 0.15) is 12.4 Å². The van der Waals surface area contributed by atoms with Crippen molar-refractivity contribution in [1.82, 2.24) is 20.2 Å². The van der Waals surface area contributed by atoms with Gasteiger partial charge < -0.3 is 14.6 Å². The molecule has 1 aromatic heterocycles. The number of nitrogens with one attached hydrogen (secondary N) is 2. The number of hydrogen-bond acceptors (Lipinski definition) is 7. The molecule has 200 valence electrons. The minimum Gasteiger partial charge on any atom is -0.488 e. The van der Waals surface area contributed by atoms with Crippen LogP contribution in [0.4, 0.5) is 5.69 Å². The van der Waals surface area contributed by atoms with E-state index < -0.39 is 5.25 Å². The second-order valence-electron chi connectivity index (χ2n) is 8.47. The van der Waals surface area contributed by atoms with Gasteiger partial charge in [0.25, 0.3) is 5.91 Å². The van der Waals surface area contributed by atoms with Crippen molar-refractivity contribution in [2.24, 2.45) is 5.10 Å². The highest BCUT2D eigenvalue weighted by atomic mass is 79.9. The van der Waals surface area contributed by atoms with Crippen molar-refractivity contribution in [3.63, 3.8) is 0 Å². The second-order valence-corrected chi connectivity index (χ2v) is 10.7. The molecule has 0 saturated carbocycles. The zero-order valence-electron chi connectivity index (χ0n) is 21.5. The molecule has 0 spiro atoms. The van der Waals surface area contributed by atoms with E-state index in [4.69, 9.17) is 4.74 Å². The van der Waals surface area contributed by atoms with Gasteiger partial charge in [-0.1, -0.05) is 76.2 Å². The van der Waals surface area contributed by atoms with E-state index >= 15 is 0 Å². The van der Waals surface area contributed by atoms with Crippen molar-refractivity contribution in [2.45, 2.75) is 37.0 Å². The number of halogens is 1. The summed E-state index contributed by atoms with van der Waals surface area (Å²) in [5.74, 6) is 1.18. The van der Waals surface area contributed by atoms with Crippen LogP contribution in [0.5, 0.6) is 5.75 Å². The Labute approximate surface area is 240 Å². The number of ether oxygens (including phenoxy) is 1. The van der Waals surface area contributed by atoms with E-state index in [9.17, 15) is 4.79 Å². The number of benzene rings is 3. The topological polar surface area (TPSA) is 93.4 Å². The molecule has 0 bridgehead atoms. The largest absolute Gasteiger partial charge is 0.488 e. The molecule has 0 radical (unpaired) electrons. The van der Waals surface area contributed by atoms with E-state index in [0.29, 0.717) is 30.6 Å². The zero-order chi connectivity index (χ0) is 27.5. The first kappa shape index (κ1) is 28.1. The smallest absolute Gasteiger partial charge is 0.253 e. The molecule has 1 atom stereocenters. The van der Waals surface area contributed by atoms with Gasteiger partial charge in [-0.2, -0.15) is 5.10 Å². The van der Waals surface area contributed by atoms with E-state index in [1.165, 1.54) is 11.8 Å². The number of anilines is 1. The zero-order valence-corrected chi connectivity index (χ0v) is 23.9. The van der Waals surface area contributed by atoms with Crippen molar-refractivity contribution >= 4 is 45.5 Å². The van der Waals surface area contributed by atoms with Crippen molar-refractivity contribution in [3.05, 3.63) is 113 Å². The first-order valence-corrected chi connectivity index (χ1v) is 14.0. The van der Waals surface area contributed by atoms with E-state index in [-0.39, 0.29) is 5.91 Å². The van der Waals surface area contributed by atoms with Crippen LogP contribution in [0.15, 0.2) is 106 Å². The average Bonchev–Trinajstić information content (AvgIpc) is 3.32. The minimum absolute atomic E-state index is 0.249. The Balaban J connectivity index is 1.34. The number of nitrogens with zero attached hydrogens (tertiary/aromatic N) is 4. The minimum atomic E-state index is -0.451. The van der Waals surface area contributed by atoms with Gasteiger partial charge >= 0.3 is 0 Å². The van der Waals surface area contributed by atoms with Gasteiger partial charge in [0.2, 0.25) is 0 Å². The van der Waals surface area contributed by atoms with E-state index in [0.717, 1.165) is 27.1 Å². The van der Waals surface area contributed by atoms with Crippen molar-refractivity contribution in [1.29, 1.82) is 0 Å². The Morgan fingerprint density at radius 1 is 1.13 bits per heavy atom. The summed E-state index contributed by atoms with van der Waals surface area (Å²) in [6.07, 6.45) is 3.36. The maximum atomic E-state index is 12.8. The van der Waals surface area contributed by atoms with E-state index in [2.05, 4.69) is 48.6 Å². The van der Waals surface area contributed by atoms with Crippen LogP contribution in [0.3, 0.4) is 0 Å². The monoisotopic (exact) mass is 604 g/mol. The fourth-order valence-electron chi connectivity index (χ4n) is 3.56. The predicted octanol–water partition coefficient (Wildman–Crippen LogP) is 6.05. The van der Waals surface area contributed by atoms with Crippen molar-refractivity contribution in [3.8, 4) is 5.75 Å². The summed E-state index contributed by atoms with van der Waals surface area (Å²) in [4.78, 5) is 12.8. The van der Waals surface area contributed by atoms with Crippen LogP contribution >= 0.6 is 27.7 Å². The number of aromatic nitrogens is 3. The molecule has 1 amide bonds. The molecule has 0 fully saturated rings. The number of amides is 1. The highest BCUT2D eigenvalue weighted by Gasteiger charge is 2.19. The maximum absolute atomic E-state index is 12.8. The fourth-order valence-corrected chi connectivity index (χ4v) is 4.88. The summed E-state index contributed by atoms with van der Waals surface area (Å²) < 4.78 is 8.93. The molecule has 8 nitrogen and oxygen atoms in total. The van der Waals surface area contributed by atoms with Gasteiger partial charge in [0, 0.05) is 22.3 Å². The van der Waals surface area contributed by atoms with Crippen LogP contribution in [0.25, 0.3) is 0 Å². The number of rotatable bonds is 13. The molecular formula is C29H29BrN6O2S.